The maximum atomic E-state index is 11.1. The van der Waals surface area contributed by atoms with Crippen molar-refractivity contribution in [1.82, 2.24) is 0 Å². The highest BCUT2D eigenvalue weighted by Gasteiger charge is 2.48. The van der Waals surface area contributed by atoms with Crippen LogP contribution in [0.25, 0.3) is 0 Å². The third kappa shape index (κ3) is 2.83. The first kappa shape index (κ1) is 13.7. The summed E-state index contributed by atoms with van der Waals surface area (Å²) in [5.74, 6) is -1.49. The fraction of sp³-hybridized carbons (Fsp3) is 0.182. The second-order valence-electron chi connectivity index (χ2n) is 3.73. The standard InChI is InChI=1S/C11H11NO6/c13-9(14)7-12(10(15)16,11(17)18)6-8-4-2-1-3-5-8/h1-5H,6-7H2,(H2-,13,14,15,16,17,18)/p+1. The molecule has 3 N–H and O–H groups in total. The van der Waals surface area contributed by atoms with E-state index in [0.29, 0.717) is 5.56 Å². The van der Waals surface area contributed by atoms with Crippen LogP contribution in [-0.4, -0.2) is 44.5 Å². The van der Waals surface area contributed by atoms with Crippen LogP contribution in [0.4, 0.5) is 9.59 Å². The average molecular weight is 254 g/mol. The van der Waals surface area contributed by atoms with Gasteiger partial charge in [-0.15, -0.1) is 4.48 Å². The van der Waals surface area contributed by atoms with Crippen LogP contribution in [0.5, 0.6) is 0 Å². The van der Waals surface area contributed by atoms with Gasteiger partial charge >= 0.3 is 18.2 Å². The van der Waals surface area contributed by atoms with Crippen molar-refractivity contribution in [3.63, 3.8) is 0 Å². The Kier molecular flexibility index (Phi) is 4.01. The summed E-state index contributed by atoms with van der Waals surface area (Å²) >= 11 is 0. The number of imide groups is 1. The Labute approximate surface area is 102 Å². The molecule has 18 heavy (non-hydrogen) atoms. The molecule has 0 radical (unpaired) electrons. The molecule has 0 aliphatic rings. The lowest BCUT2D eigenvalue weighted by Gasteiger charge is -2.24. The molecule has 0 atom stereocenters. The topological polar surface area (TPSA) is 112 Å². The number of rotatable bonds is 4. The van der Waals surface area contributed by atoms with E-state index in [9.17, 15) is 14.4 Å². The monoisotopic (exact) mass is 254 g/mol. The van der Waals surface area contributed by atoms with Gasteiger partial charge in [-0.3, -0.25) is 0 Å². The van der Waals surface area contributed by atoms with E-state index in [4.69, 9.17) is 15.3 Å². The Hall–Kier alpha value is -2.41. The predicted octanol–water partition coefficient (Wildman–Crippen LogP) is 1.44. The number of hydrogen-bond donors (Lipinski definition) is 3. The molecule has 2 amide bonds. The van der Waals surface area contributed by atoms with Gasteiger partial charge in [-0.25, -0.2) is 4.79 Å². The van der Waals surface area contributed by atoms with Crippen LogP contribution in [0.2, 0.25) is 0 Å². The molecule has 0 aliphatic carbocycles. The lowest BCUT2D eigenvalue weighted by Crippen LogP contribution is -2.57. The van der Waals surface area contributed by atoms with Crippen LogP contribution in [0, 0.1) is 0 Å². The molecule has 1 aromatic rings. The molecule has 1 aromatic carbocycles. The van der Waals surface area contributed by atoms with Gasteiger partial charge in [-0.2, -0.15) is 9.59 Å². The lowest BCUT2D eigenvalue weighted by molar-refractivity contribution is -0.790. The number of carbonyl (C=O) groups is 3. The van der Waals surface area contributed by atoms with Gasteiger partial charge in [0.2, 0.25) is 0 Å². The quantitative estimate of drug-likeness (QED) is 0.701. The number of aliphatic carboxylic acids is 1. The second kappa shape index (κ2) is 5.28. The van der Waals surface area contributed by atoms with Gasteiger partial charge < -0.3 is 15.3 Å². The molecule has 0 spiro atoms. The number of nitrogens with zero attached hydrogens (tertiary/aromatic N) is 1. The number of amides is 2. The molecule has 1 rings (SSSR count). The highest BCUT2D eigenvalue weighted by Crippen LogP contribution is 2.16. The third-order valence-electron chi connectivity index (χ3n) is 2.43. The van der Waals surface area contributed by atoms with Crippen molar-refractivity contribution in [2.75, 3.05) is 6.54 Å². The molecule has 0 fully saturated rings. The second-order valence-corrected chi connectivity index (χ2v) is 3.73. The van der Waals surface area contributed by atoms with E-state index in [1.54, 1.807) is 30.3 Å². The summed E-state index contributed by atoms with van der Waals surface area (Å²) in [7, 11) is 0. The molecule has 0 unspecified atom stereocenters. The van der Waals surface area contributed by atoms with Crippen molar-refractivity contribution in [2.45, 2.75) is 6.54 Å². The van der Waals surface area contributed by atoms with Crippen LogP contribution in [-0.2, 0) is 11.3 Å². The smallest absolute Gasteiger partial charge is 0.477 e. The third-order valence-corrected chi connectivity index (χ3v) is 2.43. The summed E-state index contributed by atoms with van der Waals surface area (Å²) in [6, 6.07) is 8.02. The average Bonchev–Trinajstić information content (AvgIpc) is 2.28. The van der Waals surface area contributed by atoms with Gasteiger partial charge in [0.05, 0.1) is 0 Å². The van der Waals surface area contributed by atoms with Crippen LogP contribution >= 0.6 is 0 Å². The number of carboxylic acids is 1. The van der Waals surface area contributed by atoms with E-state index in [2.05, 4.69) is 0 Å². The number of hydrogen-bond acceptors (Lipinski definition) is 3. The van der Waals surface area contributed by atoms with E-state index >= 15 is 0 Å². The summed E-state index contributed by atoms with van der Waals surface area (Å²) in [5, 5.41) is 26.7. The van der Waals surface area contributed by atoms with Crippen molar-refractivity contribution >= 4 is 18.2 Å². The van der Waals surface area contributed by atoms with E-state index in [1.165, 1.54) is 0 Å². The Morgan fingerprint density at radius 3 is 1.83 bits per heavy atom. The molecule has 0 aliphatic heterocycles. The lowest BCUT2D eigenvalue weighted by atomic mass is 10.2. The molecule has 0 saturated heterocycles. The first-order chi connectivity index (χ1) is 8.38. The van der Waals surface area contributed by atoms with Gasteiger partial charge in [0.1, 0.15) is 6.54 Å². The summed E-state index contributed by atoms with van der Waals surface area (Å²) in [6.45, 7) is -1.46. The first-order valence-corrected chi connectivity index (χ1v) is 4.98. The van der Waals surface area contributed by atoms with E-state index < -0.39 is 35.7 Å². The van der Waals surface area contributed by atoms with Crippen molar-refractivity contribution in [3.05, 3.63) is 35.9 Å². The molecule has 0 aromatic heterocycles. The highest BCUT2D eigenvalue weighted by molar-refractivity contribution is 5.79. The maximum Gasteiger partial charge on any atom is 0.525 e. The largest absolute Gasteiger partial charge is 0.525 e. The zero-order valence-electron chi connectivity index (χ0n) is 9.31. The van der Waals surface area contributed by atoms with Gasteiger partial charge in [-0.1, -0.05) is 30.3 Å². The van der Waals surface area contributed by atoms with E-state index in [-0.39, 0.29) is 0 Å². The molecule has 0 heterocycles. The van der Waals surface area contributed by atoms with E-state index in [1.807, 2.05) is 0 Å². The molecule has 7 heteroatoms. The van der Waals surface area contributed by atoms with Crippen LogP contribution in [0.15, 0.2) is 30.3 Å². The zero-order chi connectivity index (χ0) is 13.8. The van der Waals surface area contributed by atoms with E-state index in [0.717, 1.165) is 0 Å². The van der Waals surface area contributed by atoms with Crippen molar-refractivity contribution < 1.29 is 34.2 Å². The minimum absolute atomic E-state index is 0.433. The normalized spacial score (nSPS) is 10.9. The minimum atomic E-state index is -1.71. The molecule has 96 valence electrons. The first-order valence-electron chi connectivity index (χ1n) is 4.98. The minimum Gasteiger partial charge on any atom is -0.477 e. The zero-order valence-corrected chi connectivity index (χ0v) is 9.31. The van der Waals surface area contributed by atoms with Crippen LogP contribution < -0.4 is 0 Å². The maximum absolute atomic E-state index is 11.1. The number of carboxylic acid groups (broad SMARTS) is 3. The van der Waals surface area contributed by atoms with Crippen LogP contribution in [0.3, 0.4) is 0 Å². The predicted molar refractivity (Wildman–Crippen MR) is 59.0 cm³/mol. The van der Waals surface area contributed by atoms with Gasteiger partial charge in [-0.05, 0) is 0 Å². The van der Waals surface area contributed by atoms with Crippen molar-refractivity contribution in [3.8, 4) is 0 Å². The van der Waals surface area contributed by atoms with Gasteiger partial charge in [0.15, 0.2) is 6.54 Å². The van der Waals surface area contributed by atoms with Gasteiger partial charge in [0.25, 0.3) is 0 Å². The summed E-state index contributed by atoms with van der Waals surface area (Å²) in [6.07, 6.45) is -3.43. The Balaban J connectivity index is 3.14. The molecule has 7 nitrogen and oxygen atoms in total. The highest BCUT2D eigenvalue weighted by atomic mass is 16.4. The number of quaternary nitrogens is 1. The SMILES string of the molecule is O=C(O)C[N+](Cc1ccccc1)(C(=O)O)C(=O)O. The fourth-order valence-corrected chi connectivity index (χ4v) is 1.53. The number of benzene rings is 1. The fourth-order valence-electron chi connectivity index (χ4n) is 1.53. The Morgan fingerprint density at radius 1 is 0.944 bits per heavy atom. The summed E-state index contributed by atoms with van der Waals surface area (Å²) in [5.41, 5.74) is 0.434. The molecular weight excluding hydrogens is 242 g/mol. The Bertz CT molecular complexity index is 456. The summed E-state index contributed by atoms with van der Waals surface area (Å²) in [4.78, 5) is 32.9. The molecule has 0 saturated carbocycles. The summed E-state index contributed by atoms with van der Waals surface area (Å²) < 4.78 is -1.58. The Morgan fingerprint density at radius 2 is 1.44 bits per heavy atom. The molecular formula is C11H12NO6+. The van der Waals surface area contributed by atoms with Crippen molar-refractivity contribution in [1.29, 1.82) is 0 Å². The molecule has 0 bridgehead atoms. The van der Waals surface area contributed by atoms with Crippen LogP contribution in [0.1, 0.15) is 5.56 Å². The van der Waals surface area contributed by atoms with Crippen molar-refractivity contribution in [2.24, 2.45) is 0 Å². The van der Waals surface area contributed by atoms with Gasteiger partial charge in [0, 0.05) is 5.56 Å².